The molecule has 1 unspecified atom stereocenters. The lowest BCUT2D eigenvalue weighted by atomic mass is 9.95. The van der Waals surface area contributed by atoms with E-state index in [1.807, 2.05) is 27.9 Å². The molecule has 0 bridgehead atoms. The molecule has 0 aliphatic carbocycles. The van der Waals surface area contributed by atoms with E-state index >= 15 is 0 Å². The first-order chi connectivity index (χ1) is 5.49. The Hall–Kier alpha value is -0.160. The van der Waals surface area contributed by atoms with E-state index in [1.54, 1.807) is 7.05 Å². The molecule has 0 aliphatic heterocycles. The fourth-order valence-electron chi connectivity index (χ4n) is 1.32. The molecule has 4 heteroatoms. The Balaban J connectivity index is 4.66. The number of hydrogen-bond donors (Lipinski definition) is 4. The minimum absolute atomic E-state index is 0.517. The number of rotatable bonds is 5. The summed E-state index contributed by atoms with van der Waals surface area (Å²) in [7, 11) is 5.37. The zero-order valence-electron chi connectivity index (χ0n) is 8.65. The molecule has 0 aromatic heterocycles. The van der Waals surface area contributed by atoms with Crippen LogP contribution >= 0.6 is 0 Å². The fourth-order valence-corrected chi connectivity index (χ4v) is 1.32. The van der Waals surface area contributed by atoms with Gasteiger partial charge in [-0.3, -0.25) is 16.0 Å². The van der Waals surface area contributed by atoms with Crippen LogP contribution in [-0.2, 0) is 0 Å². The third kappa shape index (κ3) is 1.77. The van der Waals surface area contributed by atoms with Gasteiger partial charge in [-0.25, -0.2) is 0 Å². The van der Waals surface area contributed by atoms with Gasteiger partial charge in [0.1, 0.15) is 11.4 Å². The molecular weight excluding hydrogens is 154 g/mol. The standard InChI is InChI=1S/C8H21N3O/c1-6-8(12,11-5)7(2,9-3)10-4/h9-12H,6H2,1-5H3. The second-order valence-corrected chi connectivity index (χ2v) is 3.09. The van der Waals surface area contributed by atoms with Crippen molar-refractivity contribution in [2.24, 2.45) is 0 Å². The molecular formula is C8H21N3O. The van der Waals surface area contributed by atoms with Crippen LogP contribution in [0.4, 0.5) is 0 Å². The maximum absolute atomic E-state index is 10.1. The maximum Gasteiger partial charge on any atom is 0.146 e. The highest BCUT2D eigenvalue weighted by atomic mass is 16.3. The first-order valence-corrected chi connectivity index (χ1v) is 4.28. The Morgan fingerprint density at radius 2 is 1.50 bits per heavy atom. The lowest BCUT2D eigenvalue weighted by Gasteiger charge is -2.44. The van der Waals surface area contributed by atoms with Crippen molar-refractivity contribution in [3.8, 4) is 0 Å². The molecule has 0 heterocycles. The minimum atomic E-state index is -0.934. The van der Waals surface area contributed by atoms with E-state index in [9.17, 15) is 5.11 Å². The molecule has 4 N–H and O–H groups in total. The van der Waals surface area contributed by atoms with Crippen molar-refractivity contribution >= 4 is 0 Å². The van der Waals surface area contributed by atoms with Crippen LogP contribution in [0.3, 0.4) is 0 Å². The van der Waals surface area contributed by atoms with Gasteiger partial charge in [0, 0.05) is 0 Å². The lowest BCUT2D eigenvalue weighted by Crippen LogP contribution is -2.72. The highest BCUT2D eigenvalue weighted by Gasteiger charge is 2.42. The van der Waals surface area contributed by atoms with E-state index in [0.717, 1.165) is 0 Å². The van der Waals surface area contributed by atoms with E-state index in [1.165, 1.54) is 0 Å². The molecule has 0 aromatic rings. The highest BCUT2D eigenvalue weighted by Crippen LogP contribution is 2.18. The molecule has 0 radical (unpaired) electrons. The van der Waals surface area contributed by atoms with Crippen LogP contribution in [0.5, 0.6) is 0 Å². The smallest absolute Gasteiger partial charge is 0.146 e. The lowest BCUT2D eigenvalue weighted by molar-refractivity contribution is -0.0805. The number of likely N-dealkylation sites (N-methyl/N-ethyl adjacent to an activating group) is 3. The first-order valence-electron chi connectivity index (χ1n) is 4.28. The van der Waals surface area contributed by atoms with Gasteiger partial charge in [0.05, 0.1) is 0 Å². The summed E-state index contributed by atoms with van der Waals surface area (Å²) < 4.78 is 0. The van der Waals surface area contributed by atoms with Gasteiger partial charge in [0.25, 0.3) is 0 Å². The van der Waals surface area contributed by atoms with E-state index < -0.39 is 11.4 Å². The van der Waals surface area contributed by atoms with Crippen molar-refractivity contribution in [1.29, 1.82) is 0 Å². The average Bonchev–Trinajstić information content (AvgIpc) is 2.15. The van der Waals surface area contributed by atoms with Gasteiger partial charge < -0.3 is 5.11 Å². The summed E-state index contributed by atoms with van der Waals surface area (Å²) in [5.41, 5.74) is -1.45. The predicted molar refractivity (Wildman–Crippen MR) is 50.8 cm³/mol. The molecule has 0 fully saturated rings. The van der Waals surface area contributed by atoms with Crippen LogP contribution in [0.2, 0.25) is 0 Å². The molecule has 0 spiro atoms. The first kappa shape index (κ1) is 11.8. The molecule has 4 nitrogen and oxygen atoms in total. The second-order valence-electron chi connectivity index (χ2n) is 3.09. The van der Waals surface area contributed by atoms with Crippen LogP contribution in [0.15, 0.2) is 0 Å². The van der Waals surface area contributed by atoms with E-state index in [-0.39, 0.29) is 0 Å². The third-order valence-corrected chi connectivity index (χ3v) is 2.75. The maximum atomic E-state index is 10.1. The summed E-state index contributed by atoms with van der Waals surface area (Å²) in [6.45, 7) is 3.84. The summed E-state index contributed by atoms with van der Waals surface area (Å²) in [5, 5.41) is 19.1. The topological polar surface area (TPSA) is 56.3 Å². The Labute approximate surface area is 74.7 Å². The minimum Gasteiger partial charge on any atom is -0.372 e. The summed E-state index contributed by atoms with van der Waals surface area (Å²) >= 11 is 0. The Bertz CT molecular complexity index is 114. The average molecular weight is 175 g/mol. The Morgan fingerprint density at radius 3 is 1.58 bits per heavy atom. The summed E-state index contributed by atoms with van der Waals surface area (Å²) in [6, 6.07) is 0. The summed E-state index contributed by atoms with van der Waals surface area (Å²) in [4.78, 5) is 0. The number of hydrogen-bond acceptors (Lipinski definition) is 4. The molecule has 74 valence electrons. The van der Waals surface area contributed by atoms with Crippen LogP contribution in [0.1, 0.15) is 20.3 Å². The Morgan fingerprint density at radius 1 is 1.08 bits per heavy atom. The summed E-state index contributed by atoms with van der Waals surface area (Å²) in [6.07, 6.45) is 0.627. The largest absolute Gasteiger partial charge is 0.372 e. The summed E-state index contributed by atoms with van der Waals surface area (Å²) in [5.74, 6) is 0. The Kier molecular flexibility index (Phi) is 4.13. The van der Waals surface area contributed by atoms with Crippen molar-refractivity contribution in [3.05, 3.63) is 0 Å². The zero-order valence-corrected chi connectivity index (χ0v) is 8.65. The fraction of sp³-hybridized carbons (Fsp3) is 1.00. The van der Waals surface area contributed by atoms with Crippen LogP contribution in [0, 0.1) is 0 Å². The van der Waals surface area contributed by atoms with Crippen molar-refractivity contribution in [2.75, 3.05) is 21.1 Å². The van der Waals surface area contributed by atoms with Crippen LogP contribution in [0.25, 0.3) is 0 Å². The van der Waals surface area contributed by atoms with Crippen molar-refractivity contribution in [1.82, 2.24) is 16.0 Å². The molecule has 12 heavy (non-hydrogen) atoms. The molecule has 0 saturated heterocycles. The predicted octanol–water partition coefficient (Wildman–Crippen LogP) is -0.541. The van der Waals surface area contributed by atoms with Gasteiger partial charge in [0.2, 0.25) is 0 Å². The van der Waals surface area contributed by atoms with Crippen molar-refractivity contribution in [3.63, 3.8) is 0 Å². The molecule has 0 aliphatic rings. The van der Waals surface area contributed by atoms with Gasteiger partial charge in [-0.2, -0.15) is 0 Å². The normalized spacial score (nSPS) is 17.5. The van der Waals surface area contributed by atoms with Gasteiger partial charge in [-0.05, 0) is 34.5 Å². The molecule has 0 amide bonds. The van der Waals surface area contributed by atoms with Gasteiger partial charge >= 0.3 is 0 Å². The second kappa shape index (κ2) is 4.18. The van der Waals surface area contributed by atoms with Gasteiger partial charge in [-0.15, -0.1) is 0 Å². The van der Waals surface area contributed by atoms with Crippen molar-refractivity contribution in [2.45, 2.75) is 31.7 Å². The number of aliphatic hydroxyl groups is 1. The highest BCUT2D eigenvalue weighted by molar-refractivity contribution is 4.95. The van der Waals surface area contributed by atoms with Crippen molar-refractivity contribution < 1.29 is 5.11 Å². The number of nitrogens with one attached hydrogen (secondary N) is 3. The van der Waals surface area contributed by atoms with E-state index in [4.69, 9.17) is 0 Å². The van der Waals surface area contributed by atoms with Crippen LogP contribution < -0.4 is 16.0 Å². The third-order valence-electron chi connectivity index (χ3n) is 2.75. The molecule has 1 atom stereocenters. The molecule has 0 rings (SSSR count). The van der Waals surface area contributed by atoms with Gasteiger partial charge in [-0.1, -0.05) is 6.92 Å². The van der Waals surface area contributed by atoms with Gasteiger partial charge in [0.15, 0.2) is 0 Å². The van der Waals surface area contributed by atoms with E-state index in [0.29, 0.717) is 6.42 Å². The SMILES string of the molecule is CCC(O)(NC)C(C)(NC)NC. The monoisotopic (exact) mass is 175 g/mol. The quantitative estimate of drug-likeness (QED) is 0.424. The molecule has 0 saturated carbocycles. The zero-order chi connectivity index (χ0) is 9.83. The van der Waals surface area contributed by atoms with Crippen LogP contribution in [-0.4, -0.2) is 37.6 Å². The molecule has 0 aromatic carbocycles. The van der Waals surface area contributed by atoms with E-state index in [2.05, 4.69) is 16.0 Å².